The van der Waals surface area contributed by atoms with Gasteiger partial charge in [-0.25, -0.2) is 20.2 Å². The molecule has 0 radical (unpaired) electrons. The lowest BCUT2D eigenvalue weighted by atomic mass is 10.1. The second kappa shape index (κ2) is 5.19. The number of halogens is 1. The lowest BCUT2D eigenvalue weighted by molar-refractivity contribution is 0.386. The first kappa shape index (κ1) is 13.2. The summed E-state index contributed by atoms with van der Waals surface area (Å²) in [6, 6.07) is 4.58. The number of nitrogen functional groups attached to an aromatic ring is 1. The zero-order valence-electron chi connectivity index (χ0n) is 11.0. The van der Waals surface area contributed by atoms with Crippen LogP contribution in [0.3, 0.4) is 0 Å². The Morgan fingerprint density at radius 2 is 2.00 bits per heavy atom. The number of aromatic nitrogens is 2. The molecule has 100 valence electrons. The number of rotatable bonds is 3. The van der Waals surface area contributed by atoms with E-state index in [0.717, 1.165) is 11.3 Å². The molecule has 0 saturated heterocycles. The first-order valence-corrected chi connectivity index (χ1v) is 5.72. The Kier molecular flexibility index (Phi) is 3.62. The predicted molar refractivity (Wildman–Crippen MR) is 71.3 cm³/mol. The van der Waals surface area contributed by atoms with E-state index < -0.39 is 5.82 Å². The number of hydrazine groups is 1. The summed E-state index contributed by atoms with van der Waals surface area (Å²) in [4.78, 5) is 8.60. The maximum absolute atomic E-state index is 13.7. The molecule has 2 rings (SSSR count). The van der Waals surface area contributed by atoms with Crippen molar-refractivity contribution in [1.82, 2.24) is 9.97 Å². The highest BCUT2D eigenvalue weighted by atomic mass is 19.1. The Labute approximate surface area is 110 Å². The van der Waals surface area contributed by atoms with Gasteiger partial charge >= 0.3 is 0 Å². The number of ether oxygens (including phenoxy) is 1. The molecule has 0 aliphatic rings. The normalized spacial score (nSPS) is 10.4. The van der Waals surface area contributed by atoms with Gasteiger partial charge in [-0.3, -0.25) is 0 Å². The van der Waals surface area contributed by atoms with Gasteiger partial charge in [0, 0.05) is 16.8 Å². The molecule has 0 aliphatic heterocycles. The average Bonchev–Trinajstić information content (AvgIpc) is 2.41. The van der Waals surface area contributed by atoms with Crippen LogP contribution in [0.15, 0.2) is 18.2 Å². The Morgan fingerprint density at radius 1 is 1.26 bits per heavy atom. The van der Waals surface area contributed by atoms with Gasteiger partial charge in [-0.15, -0.1) is 0 Å². The number of nitrogens with zero attached hydrogens (tertiary/aromatic N) is 2. The van der Waals surface area contributed by atoms with E-state index >= 15 is 0 Å². The van der Waals surface area contributed by atoms with Crippen LogP contribution in [0.25, 0.3) is 11.4 Å². The van der Waals surface area contributed by atoms with Gasteiger partial charge in [-0.2, -0.15) is 0 Å². The Bertz CT molecular complexity index is 616. The minimum absolute atomic E-state index is 0.185. The summed E-state index contributed by atoms with van der Waals surface area (Å²) < 4.78 is 18.6. The highest BCUT2D eigenvalue weighted by Gasteiger charge is 2.11. The molecule has 1 heterocycles. The van der Waals surface area contributed by atoms with Crippen LogP contribution in [0.4, 0.5) is 10.2 Å². The Balaban J connectivity index is 2.53. The third-order valence-corrected chi connectivity index (χ3v) is 2.94. The molecule has 0 bridgehead atoms. The van der Waals surface area contributed by atoms with Crippen molar-refractivity contribution < 1.29 is 9.13 Å². The molecule has 0 atom stereocenters. The molecular formula is C13H15FN4O. The molecular weight excluding hydrogens is 247 g/mol. The number of nitrogens with two attached hydrogens (primary N) is 1. The average molecular weight is 262 g/mol. The lowest BCUT2D eigenvalue weighted by Gasteiger charge is -2.10. The van der Waals surface area contributed by atoms with Gasteiger partial charge < -0.3 is 10.2 Å². The smallest absolute Gasteiger partial charge is 0.165 e. The Morgan fingerprint density at radius 3 is 2.58 bits per heavy atom. The van der Waals surface area contributed by atoms with Crippen molar-refractivity contribution in [2.75, 3.05) is 12.5 Å². The van der Waals surface area contributed by atoms with Crippen LogP contribution in [0.1, 0.15) is 11.3 Å². The van der Waals surface area contributed by atoms with Crippen molar-refractivity contribution in [3.05, 3.63) is 35.3 Å². The van der Waals surface area contributed by atoms with Crippen LogP contribution >= 0.6 is 0 Å². The van der Waals surface area contributed by atoms with Gasteiger partial charge in [0.15, 0.2) is 17.4 Å². The van der Waals surface area contributed by atoms with Gasteiger partial charge in [0.05, 0.1) is 7.11 Å². The number of methoxy groups -OCH3 is 1. The second-order valence-corrected chi connectivity index (χ2v) is 4.10. The third-order valence-electron chi connectivity index (χ3n) is 2.94. The second-order valence-electron chi connectivity index (χ2n) is 4.10. The largest absolute Gasteiger partial charge is 0.494 e. The molecule has 6 heteroatoms. The van der Waals surface area contributed by atoms with Gasteiger partial charge in [-0.05, 0) is 32.0 Å². The fourth-order valence-corrected chi connectivity index (χ4v) is 1.70. The van der Waals surface area contributed by atoms with Crippen LogP contribution in [0, 0.1) is 19.7 Å². The molecule has 3 N–H and O–H groups in total. The SMILES string of the molecule is COc1ccc(-c2nc(C)c(C)c(NN)n2)cc1F. The van der Waals surface area contributed by atoms with Gasteiger partial charge in [0.1, 0.15) is 5.82 Å². The topological polar surface area (TPSA) is 73.1 Å². The number of aryl methyl sites for hydroxylation is 1. The van der Waals surface area contributed by atoms with E-state index in [4.69, 9.17) is 10.6 Å². The van der Waals surface area contributed by atoms with Gasteiger partial charge in [-0.1, -0.05) is 0 Å². The van der Waals surface area contributed by atoms with E-state index in [1.807, 2.05) is 13.8 Å². The number of nitrogens with one attached hydrogen (secondary N) is 1. The van der Waals surface area contributed by atoms with E-state index in [-0.39, 0.29) is 5.75 Å². The highest BCUT2D eigenvalue weighted by Crippen LogP contribution is 2.25. The maximum atomic E-state index is 13.7. The van der Waals surface area contributed by atoms with E-state index in [2.05, 4.69) is 15.4 Å². The molecule has 0 unspecified atom stereocenters. The molecule has 0 spiro atoms. The zero-order valence-corrected chi connectivity index (χ0v) is 11.0. The minimum Gasteiger partial charge on any atom is -0.494 e. The fourth-order valence-electron chi connectivity index (χ4n) is 1.70. The summed E-state index contributed by atoms with van der Waals surface area (Å²) in [6.45, 7) is 3.71. The highest BCUT2D eigenvalue weighted by molar-refractivity contribution is 5.60. The van der Waals surface area contributed by atoms with Crippen LogP contribution in [-0.4, -0.2) is 17.1 Å². The number of hydrogen-bond acceptors (Lipinski definition) is 5. The molecule has 0 saturated carbocycles. The standard InChI is InChI=1S/C13H15FN4O/c1-7-8(2)16-13(17-12(7)18-15)9-4-5-11(19-3)10(14)6-9/h4-6H,15H2,1-3H3,(H,16,17,18). The van der Waals surface area contributed by atoms with Gasteiger partial charge in [0.25, 0.3) is 0 Å². The molecule has 1 aromatic carbocycles. The monoisotopic (exact) mass is 262 g/mol. The molecule has 1 aromatic heterocycles. The minimum atomic E-state index is -0.455. The van der Waals surface area contributed by atoms with Crippen LogP contribution in [-0.2, 0) is 0 Å². The number of hydrogen-bond donors (Lipinski definition) is 2. The van der Waals surface area contributed by atoms with Crippen molar-refractivity contribution in [3.8, 4) is 17.1 Å². The van der Waals surface area contributed by atoms with Crippen LogP contribution in [0.2, 0.25) is 0 Å². The van der Waals surface area contributed by atoms with E-state index in [0.29, 0.717) is 17.2 Å². The Hall–Kier alpha value is -2.21. The maximum Gasteiger partial charge on any atom is 0.165 e. The van der Waals surface area contributed by atoms with Gasteiger partial charge in [0.2, 0.25) is 0 Å². The van der Waals surface area contributed by atoms with Crippen molar-refractivity contribution in [2.45, 2.75) is 13.8 Å². The van der Waals surface area contributed by atoms with Crippen molar-refractivity contribution in [3.63, 3.8) is 0 Å². The van der Waals surface area contributed by atoms with Crippen LogP contribution in [0.5, 0.6) is 5.75 Å². The molecule has 0 amide bonds. The van der Waals surface area contributed by atoms with Crippen LogP contribution < -0.4 is 16.0 Å². The molecule has 19 heavy (non-hydrogen) atoms. The molecule has 2 aromatic rings. The molecule has 0 fully saturated rings. The summed E-state index contributed by atoms with van der Waals surface area (Å²) in [7, 11) is 1.42. The quantitative estimate of drug-likeness (QED) is 0.655. The van der Waals surface area contributed by atoms with Crippen molar-refractivity contribution >= 4 is 5.82 Å². The summed E-state index contributed by atoms with van der Waals surface area (Å²) >= 11 is 0. The molecule has 0 aliphatic carbocycles. The zero-order chi connectivity index (χ0) is 14.0. The lowest BCUT2D eigenvalue weighted by Crippen LogP contribution is -2.12. The third kappa shape index (κ3) is 2.48. The summed E-state index contributed by atoms with van der Waals surface area (Å²) in [6.07, 6.45) is 0. The fraction of sp³-hybridized carbons (Fsp3) is 0.231. The molecule has 5 nitrogen and oxygen atoms in total. The van der Waals surface area contributed by atoms with E-state index in [1.54, 1.807) is 12.1 Å². The number of benzene rings is 1. The number of anilines is 1. The summed E-state index contributed by atoms with van der Waals surface area (Å²) in [5, 5.41) is 0. The van der Waals surface area contributed by atoms with E-state index in [1.165, 1.54) is 13.2 Å². The predicted octanol–water partition coefficient (Wildman–Crippen LogP) is 2.19. The van der Waals surface area contributed by atoms with Crippen molar-refractivity contribution in [2.24, 2.45) is 5.84 Å². The first-order chi connectivity index (χ1) is 9.06. The first-order valence-electron chi connectivity index (χ1n) is 5.72. The summed E-state index contributed by atoms with van der Waals surface area (Å²) in [5.41, 5.74) is 4.73. The van der Waals surface area contributed by atoms with Crippen molar-refractivity contribution in [1.29, 1.82) is 0 Å². The van der Waals surface area contributed by atoms with E-state index in [9.17, 15) is 4.39 Å². The summed E-state index contributed by atoms with van der Waals surface area (Å²) in [5.74, 6) is 6.08.